The quantitative estimate of drug-likeness (QED) is 0.418. The molecule has 0 radical (unpaired) electrons. The van der Waals surface area contributed by atoms with E-state index < -0.39 is 8.80 Å². The molecule has 1 heterocycles. The summed E-state index contributed by atoms with van der Waals surface area (Å²) in [6, 6.07) is 8.87. The van der Waals surface area contributed by atoms with Gasteiger partial charge in [-0.2, -0.15) is 0 Å². The van der Waals surface area contributed by atoms with Gasteiger partial charge in [-0.3, -0.25) is 0 Å². The molecule has 1 aromatic carbocycles. The van der Waals surface area contributed by atoms with Crippen LogP contribution in [0, 0.1) is 0 Å². The zero-order valence-electron chi connectivity index (χ0n) is 10.8. The summed E-state index contributed by atoms with van der Waals surface area (Å²) < 4.78 is 10.7. The molecule has 0 amide bonds. The molecular formula is C14H22O2Si. The molecule has 0 bridgehead atoms. The first-order valence-electron chi connectivity index (χ1n) is 6.54. The maximum absolute atomic E-state index is 5.57. The Bertz CT molecular complexity index is 348. The fourth-order valence-corrected chi connectivity index (χ4v) is 3.55. The van der Waals surface area contributed by atoms with Gasteiger partial charge in [-0.1, -0.05) is 42.5 Å². The number of benzene rings is 1. The SMILES string of the molecule is C[SiH](C)c1ccccc1CCCOCC1CO1. The van der Waals surface area contributed by atoms with Crippen LogP contribution < -0.4 is 5.19 Å². The lowest BCUT2D eigenvalue weighted by atomic mass is 10.1. The highest BCUT2D eigenvalue weighted by atomic mass is 28.3. The highest BCUT2D eigenvalue weighted by Crippen LogP contribution is 2.09. The summed E-state index contributed by atoms with van der Waals surface area (Å²) in [6.07, 6.45) is 2.66. The molecule has 2 nitrogen and oxygen atoms in total. The van der Waals surface area contributed by atoms with Crippen molar-refractivity contribution >= 4 is 14.0 Å². The van der Waals surface area contributed by atoms with Crippen molar-refractivity contribution in [3.05, 3.63) is 29.8 Å². The van der Waals surface area contributed by atoms with Crippen LogP contribution in [0.3, 0.4) is 0 Å². The third kappa shape index (κ3) is 4.26. The van der Waals surface area contributed by atoms with Gasteiger partial charge in [0.25, 0.3) is 0 Å². The summed E-state index contributed by atoms with van der Waals surface area (Å²) in [7, 11) is -0.694. The molecule has 1 unspecified atom stereocenters. The summed E-state index contributed by atoms with van der Waals surface area (Å²) >= 11 is 0. The molecule has 0 saturated carbocycles. The number of aryl methyl sites for hydroxylation is 1. The van der Waals surface area contributed by atoms with E-state index in [-0.39, 0.29) is 0 Å². The van der Waals surface area contributed by atoms with Crippen LogP contribution in [0.5, 0.6) is 0 Å². The minimum Gasteiger partial charge on any atom is -0.379 e. The van der Waals surface area contributed by atoms with Crippen LogP contribution in [0.15, 0.2) is 24.3 Å². The van der Waals surface area contributed by atoms with Crippen LogP contribution in [0.4, 0.5) is 0 Å². The Labute approximate surface area is 106 Å². The zero-order valence-corrected chi connectivity index (χ0v) is 12.0. The lowest BCUT2D eigenvalue weighted by molar-refractivity contribution is 0.114. The highest BCUT2D eigenvalue weighted by molar-refractivity contribution is 6.71. The van der Waals surface area contributed by atoms with E-state index >= 15 is 0 Å². The molecule has 0 aliphatic carbocycles. The topological polar surface area (TPSA) is 21.8 Å². The van der Waals surface area contributed by atoms with Gasteiger partial charge in [0.1, 0.15) is 6.10 Å². The third-order valence-corrected chi connectivity index (χ3v) is 4.93. The minimum absolute atomic E-state index is 0.394. The lowest BCUT2D eigenvalue weighted by Crippen LogP contribution is -2.26. The van der Waals surface area contributed by atoms with Crippen molar-refractivity contribution in [1.82, 2.24) is 0 Å². The van der Waals surface area contributed by atoms with Crippen molar-refractivity contribution in [2.45, 2.75) is 32.0 Å². The normalized spacial score (nSPS) is 18.6. The molecule has 94 valence electrons. The highest BCUT2D eigenvalue weighted by Gasteiger charge is 2.21. The van der Waals surface area contributed by atoms with Crippen LogP contribution in [0.25, 0.3) is 0 Å². The van der Waals surface area contributed by atoms with E-state index in [1.54, 1.807) is 5.19 Å². The molecule has 2 rings (SSSR count). The van der Waals surface area contributed by atoms with Gasteiger partial charge >= 0.3 is 0 Å². The van der Waals surface area contributed by atoms with Crippen LogP contribution in [0.1, 0.15) is 12.0 Å². The van der Waals surface area contributed by atoms with Gasteiger partial charge in [-0.25, -0.2) is 0 Å². The van der Waals surface area contributed by atoms with Crippen LogP contribution in [-0.4, -0.2) is 34.7 Å². The maximum Gasteiger partial charge on any atom is 0.104 e. The van der Waals surface area contributed by atoms with Gasteiger partial charge in [0.15, 0.2) is 0 Å². The predicted octanol–water partition coefficient (Wildman–Crippen LogP) is 1.73. The van der Waals surface area contributed by atoms with E-state index in [4.69, 9.17) is 9.47 Å². The molecule has 1 aliphatic rings. The lowest BCUT2D eigenvalue weighted by Gasteiger charge is -2.11. The number of ether oxygens (including phenoxy) is 2. The Kier molecular flexibility index (Phi) is 4.77. The van der Waals surface area contributed by atoms with Crippen molar-refractivity contribution in [2.24, 2.45) is 0 Å². The molecule has 1 aliphatic heterocycles. The van der Waals surface area contributed by atoms with E-state index in [9.17, 15) is 0 Å². The molecule has 17 heavy (non-hydrogen) atoms. The second-order valence-electron chi connectivity index (χ2n) is 4.99. The average Bonchev–Trinajstić information content (AvgIpc) is 3.13. The molecule has 1 saturated heterocycles. The molecule has 1 atom stereocenters. The van der Waals surface area contributed by atoms with Crippen LogP contribution in [0.2, 0.25) is 13.1 Å². The maximum atomic E-state index is 5.57. The number of epoxide rings is 1. The van der Waals surface area contributed by atoms with E-state index in [1.807, 2.05) is 0 Å². The van der Waals surface area contributed by atoms with Gasteiger partial charge < -0.3 is 9.47 Å². The largest absolute Gasteiger partial charge is 0.379 e. The van der Waals surface area contributed by atoms with Gasteiger partial charge in [-0.05, 0) is 18.4 Å². The second kappa shape index (κ2) is 6.33. The van der Waals surface area contributed by atoms with E-state index in [2.05, 4.69) is 37.4 Å². The van der Waals surface area contributed by atoms with E-state index in [0.29, 0.717) is 6.10 Å². The third-order valence-electron chi connectivity index (χ3n) is 3.12. The van der Waals surface area contributed by atoms with Crippen LogP contribution >= 0.6 is 0 Å². The van der Waals surface area contributed by atoms with Gasteiger partial charge in [0.05, 0.1) is 22.0 Å². The Hall–Kier alpha value is -0.643. The molecule has 0 N–H and O–H groups in total. The van der Waals surface area contributed by atoms with Gasteiger partial charge in [0, 0.05) is 6.61 Å². The first-order valence-corrected chi connectivity index (χ1v) is 9.43. The molecule has 0 aromatic heterocycles. The monoisotopic (exact) mass is 250 g/mol. The molecule has 1 aromatic rings. The molecule has 3 heteroatoms. The first kappa shape index (κ1) is 12.8. The van der Waals surface area contributed by atoms with Gasteiger partial charge in [-0.15, -0.1) is 0 Å². The Morgan fingerprint density at radius 3 is 2.82 bits per heavy atom. The Morgan fingerprint density at radius 2 is 2.12 bits per heavy atom. The van der Waals surface area contributed by atoms with Crippen molar-refractivity contribution in [1.29, 1.82) is 0 Å². The van der Waals surface area contributed by atoms with Crippen molar-refractivity contribution in [2.75, 3.05) is 19.8 Å². The fraction of sp³-hybridized carbons (Fsp3) is 0.571. The Balaban J connectivity index is 1.73. The standard InChI is InChI=1S/C14H22O2Si/c1-17(2)14-8-4-3-6-12(14)7-5-9-15-10-13-11-16-13/h3-4,6,8,13,17H,5,7,9-11H2,1-2H3. The number of hydrogen-bond acceptors (Lipinski definition) is 2. The van der Waals surface area contributed by atoms with Crippen molar-refractivity contribution in [3.63, 3.8) is 0 Å². The first-order chi connectivity index (χ1) is 8.27. The van der Waals surface area contributed by atoms with Crippen molar-refractivity contribution in [3.8, 4) is 0 Å². The summed E-state index contributed by atoms with van der Waals surface area (Å²) in [5.74, 6) is 0. The van der Waals surface area contributed by atoms with E-state index in [1.165, 1.54) is 5.56 Å². The van der Waals surface area contributed by atoms with Gasteiger partial charge in [0.2, 0.25) is 0 Å². The average molecular weight is 250 g/mol. The summed E-state index contributed by atoms with van der Waals surface area (Å²) in [5.41, 5.74) is 1.53. The summed E-state index contributed by atoms with van der Waals surface area (Å²) in [6.45, 7) is 7.30. The zero-order chi connectivity index (χ0) is 12.1. The summed E-state index contributed by atoms with van der Waals surface area (Å²) in [4.78, 5) is 0. The molecule has 0 spiro atoms. The molecule has 1 fully saturated rings. The van der Waals surface area contributed by atoms with Crippen LogP contribution in [-0.2, 0) is 15.9 Å². The minimum atomic E-state index is -0.694. The van der Waals surface area contributed by atoms with Crippen molar-refractivity contribution < 1.29 is 9.47 Å². The second-order valence-corrected chi connectivity index (χ2v) is 7.92. The Morgan fingerprint density at radius 1 is 1.35 bits per heavy atom. The van der Waals surface area contributed by atoms with E-state index in [0.717, 1.165) is 32.7 Å². The fourth-order valence-electron chi connectivity index (χ4n) is 2.07. The smallest absolute Gasteiger partial charge is 0.104 e. The number of hydrogen-bond donors (Lipinski definition) is 0. The summed E-state index contributed by atoms with van der Waals surface area (Å²) in [5, 5.41) is 1.61. The molecular weight excluding hydrogens is 228 g/mol. The number of rotatable bonds is 7. The predicted molar refractivity (Wildman–Crippen MR) is 73.8 cm³/mol.